The van der Waals surface area contributed by atoms with Gasteiger partial charge in [-0.25, -0.2) is 4.79 Å². The van der Waals surface area contributed by atoms with Crippen molar-refractivity contribution in [1.29, 1.82) is 0 Å². The summed E-state index contributed by atoms with van der Waals surface area (Å²) in [5.74, 6) is 0. The van der Waals surface area contributed by atoms with Crippen LogP contribution in [0.25, 0.3) is 0 Å². The number of hydrogen-bond acceptors (Lipinski definition) is 3. The van der Waals surface area contributed by atoms with Crippen molar-refractivity contribution in [3.63, 3.8) is 0 Å². The van der Waals surface area contributed by atoms with E-state index < -0.39 is 0 Å². The molecule has 0 aliphatic heterocycles. The number of rotatable bonds is 4. The highest BCUT2D eigenvalue weighted by Gasteiger charge is 2.07. The van der Waals surface area contributed by atoms with Crippen LogP contribution in [0.15, 0.2) is 46.1 Å². The van der Waals surface area contributed by atoms with E-state index in [1.807, 2.05) is 25.1 Å². The van der Waals surface area contributed by atoms with Gasteiger partial charge in [-0.2, -0.15) is 0 Å². The Morgan fingerprint density at radius 1 is 1.16 bits per heavy atom. The van der Waals surface area contributed by atoms with Gasteiger partial charge in [-0.15, -0.1) is 0 Å². The fourth-order valence-corrected chi connectivity index (χ4v) is 1.96. The van der Waals surface area contributed by atoms with Crippen molar-refractivity contribution in [2.45, 2.75) is 26.4 Å². The number of aromatic nitrogens is 2. The van der Waals surface area contributed by atoms with Gasteiger partial charge in [-0.1, -0.05) is 25.1 Å². The molecular weight excluding hydrogens is 242 g/mol. The lowest BCUT2D eigenvalue weighted by Crippen LogP contribution is -2.39. The summed E-state index contributed by atoms with van der Waals surface area (Å²) >= 11 is 0. The molecule has 0 radical (unpaired) electrons. The fraction of sp³-hybridized carbons (Fsp3) is 0.286. The van der Waals surface area contributed by atoms with E-state index in [9.17, 15) is 9.59 Å². The maximum absolute atomic E-state index is 12.2. The molecule has 1 heterocycles. The minimum atomic E-state index is -0.305. The second kappa shape index (κ2) is 5.56. The highest BCUT2D eigenvalue weighted by atomic mass is 16.2. The van der Waals surface area contributed by atoms with Crippen LogP contribution in [0.2, 0.25) is 0 Å². The fourth-order valence-electron chi connectivity index (χ4n) is 1.96. The lowest BCUT2D eigenvalue weighted by molar-refractivity contribution is 0.571. The predicted octanol–water partition coefficient (Wildman–Crippen LogP) is 1.05. The molecule has 0 bridgehead atoms. The van der Waals surface area contributed by atoms with E-state index in [2.05, 4.69) is 0 Å². The number of hydrogen-bond donors (Lipinski definition) is 1. The average Bonchev–Trinajstić information content (AvgIpc) is 2.40. The summed E-state index contributed by atoms with van der Waals surface area (Å²) in [5.41, 5.74) is 6.60. The van der Waals surface area contributed by atoms with Crippen LogP contribution >= 0.6 is 0 Å². The summed E-state index contributed by atoms with van der Waals surface area (Å²) in [6.45, 7) is 2.79. The predicted molar refractivity (Wildman–Crippen MR) is 75.2 cm³/mol. The quantitative estimate of drug-likeness (QED) is 0.834. The summed E-state index contributed by atoms with van der Waals surface area (Å²) in [5, 5.41) is 0. The van der Waals surface area contributed by atoms with E-state index in [1.54, 1.807) is 16.8 Å². The van der Waals surface area contributed by atoms with Crippen LogP contribution in [0, 0.1) is 0 Å². The summed E-state index contributed by atoms with van der Waals surface area (Å²) < 4.78 is 2.75. The number of nitrogen functional groups attached to an aromatic ring is 1. The molecular formula is C14H17N3O2. The van der Waals surface area contributed by atoms with E-state index in [0.29, 0.717) is 12.2 Å². The Kier molecular flexibility index (Phi) is 3.85. The van der Waals surface area contributed by atoms with Crippen molar-refractivity contribution in [2.75, 3.05) is 5.73 Å². The Labute approximate surface area is 110 Å². The van der Waals surface area contributed by atoms with Crippen molar-refractivity contribution in [3.8, 4) is 0 Å². The van der Waals surface area contributed by atoms with Gasteiger partial charge >= 0.3 is 5.69 Å². The highest BCUT2D eigenvalue weighted by molar-refractivity contribution is 5.46. The molecule has 2 rings (SSSR count). The van der Waals surface area contributed by atoms with E-state index in [4.69, 9.17) is 5.73 Å². The number of aryl methyl sites for hydroxylation is 1. The molecule has 100 valence electrons. The molecule has 0 aliphatic rings. The third-order valence-electron chi connectivity index (χ3n) is 2.99. The molecule has 0 atom stereocenters. The monoisotopic (exact) mass is 259 g/mol. The Morgan fingerprint density at radius 3 is 2.58 bits per heavy atom. The van der Waals surface area contributed by atoms with Crippen LogP contribution in [0.4, 0.5) is 5.69 Å². The topological polar surface area (TPSA) is 70.0 Å². The van der Waals surface area contributed by atoms with Gasteiger partial charge in [-0.05, 0) is 18.1 Å². The van der Waals surface area contributed by atoms with Gasteiger partial charge in [0.2, 0.25) is 0 Å². The standard InChI is InChI=1S/C14H17N3O2/c1-2-8-16-9-7-13(18)17(14(16)19)10-11-5-3-4-6-12(11)15/h3-7,9H,2,8,10,15H2,1H3. The zero-order valence-corrected chi connectivity index (χ0v) is 10.9. The van der Waals surface area contributed by atoms with Gasteiger partial charge in [0.15, 0.2) is 0 Å². The molecule has 0 unspecified atom stereocenters. The van der Waals surface area contributed by atoms with Gasteiger partial charge < -0.3 is 10.3 Å². The van der Waals surface area contributed by atoms with Gasteiger partial charge in [0.25, 0.3) is 5.56 Å². The summed E-state index contributed by atoms with van der Waals surface area (Å²) in [7, 11) is 0. The maximum atomic E-state index is 12.2. The van der Waals surface area contributed by atoms with Crippen LogP contribution in [0.3, 0.4) is 0 Å². The average molecular weight is 259 g/mol. The molecule has 0 spiro atoms. The van der Waals surface area contributed by atoms with Gasteiger partial charge in [0, 0.05) is 24.5 Å². The normalized spacial score (nSPS) is 10.6. The lowest BCUT2D eigenvalue weighted by atomic mass is 10.2. The Balaban J connectivity index is 2.46. The van der Waals surface area contributed by atoms with Crippen molar-refractivity contribution in [3.05, 3.63) is 62.9 Å². The SMILES string of the molecule is CCCn1ccc(=O)n(Cc2ccccc2N)c1=O. The molecule has 5 nitrogen and oxygen atoms in total. The lowest BCUT2D eigenvalue weighted by Gasteiger charge is -2.10. The molecule has 0 saturated carbocycles. The van der Waals surface area contributed by atoms with Crippen molar-refractivity contribution >= 4 is 5.69 Å². The van der Waals surface area contributed by atoms with E-state index in [0.717, 1.165) is 12.0 Å². The van der Waals surface area contributed by atoms with Crippen LogP contribution in [-0.2, 0) is 13.1 Å². The van der Waals surface area contributed by atoms with E-state index >= 15 is 0 Å². The number of nitrogens with zero attached hydrogens (tertiary/aromatic N) is 2. The highest BCUT2D eigenvalue weighted by Crippen LogP contribution is 2.10. The van der Waals surface area contributed by atoms with Crippen molar-refractivity contribution in [1.82, 2.24) is 9.13 Å². The molecule has 2 N–H and O–H groups in total. The first kappa shape index (κ1) is 13.1. The van der Waals surface area contributed by atoms with Crippen LogP contribution in [-0.4, -0.2) is 9.13 Å². The zero-order chi connectivity index (χ0) is 13.8. The third kappa shape index (κ3) is 2.76. The zero-order valence-electron chi connectivity index (χ0n) is 10.9. The van der Waals surface area contributed by atoms with Crippen LogP contribution < -0.4 is 17.0 Å². The maximum Gasteiger partial charge on any atom is 0.331 e. The number of para-hydroxylation sites is 1. The molecule has 0 amide bonds. The molecule has 0 fully saturated rings. The molecule has 19 heavy (non-hydrogen) atoms. The molecule has 0 aliphatic carbocycles. The minimum absolute atomic E-state index is 0.203. The molecule has 1 aromatic heterocycles. The molecule has 5 heteroatoms. The van der Waals surface area contributed by atoms with Gasteiger partial charge in [0.05, 0.1) is 6.54 Å². The number of anilines is 1. The Hall–Kier alpha value is -2.30. The van der Waals surface area contributed by atoms with Crippen LogP contribution in [0.1, 0.15) is 18.9 Å². The largest absolute Gasteiger partial charge is 0.398 e. The second-order valence-electron chi connectivity index (χ2n) is 4.41. The molecule has 1 aromatic carbocycles. The molecule has 2 aromatic rings. The van der Waals surface area contributed by atoms with Gasteiger partial charge in [-0.3, -0.25) is 9.36 Å². The van der Waals surface area contributed by atoms with Crippen LogP contribution in [0.5, 0.6) is 0 Å². The molecule has 0 saturated heterocycles. The first-order valence-corrected chi connectivity index (χ1v) is 6.27. The van der Waals surface area contributed by atoms with E-state index in [-0.39, 0.29) is 17.8 Å². The summed E-state index contributed by atoms with van der Waals surface area (Å²) in [4.78, 5) is 24.0. The number of nitrogens with two attached hydrogens (primary N) is 1. The summed E-state index contributed by atoms with van der Waals surface area (Å²) in [6.07, 6.45) is 2.38. The summed E-state index contributed by atoms with van der Waals surface area (Å²) in [6, 6.07) is 8.65. The van der Waals surface area contributed by atoms with Gasteiger partial charge in [0.1, 0.15) is 0 Å². The first-order valence-electron chi connectivity index (χ1n) is 6.27. The Morgan fingerprint density at radius 2 is 1.89 bits per heavy atom. The van der Waals surface area contributed by atoms with Crippen molar-refractivity contribution < 1.29 is 0 Å². The first-order chi connectivity index (χ1) is 9.13. The number of benzene rings is 1. The second-order valence-corrected chi connectivity index (χ2v) is 4.41. The van der Waals surface area contributed by atoms with E-state index in [1.165, 1.54) is 10.6 Å². The third-order valence-corrected chi connectivity index (χ3v) is 2.99. The smallest absolute Gasteiger partial charge is 0.331 e. The minimum Gasteiger partial charge on any atom is -0.398 e. The van der Waals surface area contributed by atoms with Crippen molar-refractivity contribution in [2.24, 2.45) is 0 Å². The Bertz CT molecular complexity index is 686.